The zero-order valence-corrected chi connectivity index (χ0v) is 14.3. The summed E-state index contributed by atoms with van der Waals surface area (Å²) in [7, 11) is 1.49. The van der Waals surface area contributed by atoms with Gasteiger partial charge in [0, 0.05) is 18.4 Å². The van der Waals surface area contributed by atoms with Crippen molar-refractivity contribution in [3.63, 3.8) is 0 Å². The van der Waals surface area contributed by atoms with Crippen LogP contribution in [0.25, 0.3) is 10.8 Å². The van der Waals surface area contributed by atoms with E-state index < -0.39 is 5.91 Å². The fraction of sp³-hybridized carbons (Fsp3) is 0.368. The van der Waals surface area contributed by atoms with Crippen LogP contribution in [0.2, 0.25) is 0 Å². The monoisotopic (exact) mass is 329 g/mol. The van der Waals surface area contributed by atoms with Crippen molar-refractivity contribution in [3.8, 4) is 0 Å². The molecule has 23 heavy (non-hydrogen) atoms. The maximum atomic E-state index is 11.3. The van der Waals surface area contributed by atoms with Crippen molar-refractivity contribution in [1.82, 2.24) is 5.32 Å². The van der Waals surface area contributed by atoms with Crippen molar-refractivity contribution in [2.24, 2.45) is 0 Å². The molecule has 0 radical (unpaired) electrons. The maximum Gasteiger partial charge on any atom is 0.287 e. The van der Waals surface area contributed by atoms with Crippen LogP contribution in [0.15, 0.2) is 47.4 Å². The average Bonchev–Trinajstić information content (AvgIpc) is 2.59. The highest BCUT2D eigenvalue weighted by atomic mass is 32.2. The Morgan fingerprint density at radius 3 is 2.48 bits per heavy atom. The Kier molecular flexibility index (Phi) is 7.14. The number of rotatable bonds is 9. The molecule has 1 N–H and O–H groups in total. The van der Waals surface area contributed by atoms with Gasteiger partial charge in [-0.2, -0.15) is 0 Å². The first-order valence-corrected chi connectivity index (χ1v) is 9.06. The number of nitrogens with one attached hydrogen (secondary N) is 1. The topological polar surface area (TPSA) is 46.2 Å². The highest BCUT2D eigenvalue weighted by molar-refractivity contribution is 7.99. The third-order valence-electron chi connectivity index (χ3n) is 3.77. The SMILES string of the molecule is CNC(=O)C(=O)CCCCCCSc1ccc2ccccc2c1. The Hall–Kier alpha value is -1.81. The summed E-state index contributed by atoms with van der Waals surface area (Å²) in [4.78, 5) is 23.7. The normalized spacial score (nSPS) is 10.7. The van der Waals surface area contributed by atoms with Gasteiger partial charge in [-0.15, -0.1) is 11.8 Å². The van der Waals surface area contributed by atoms with E-state index in [0.29, 0.717) is 6.42 Å². The first-order valence-electron chi connectivity index (χ1n) is 8.07. The predicted octanol–water partition coefficient (Wildman–Crippen LogP) is 4.20. The quantitative estimate of drug-likeness (QED) is 0.426. The van der Waals surface area contributed by atoms with Gasteiger partial charge in [0.1, 0.15) is 0 Å². The molecule has 0 bridgehead atoms. The molecule has 3 nitrogen and oxygen atoms in total. The third-order valence-corrected chi connectivity index (χ3v) is 4.85. The van der Waals surface area contributed by atoms with E-state index in [9.17, 15) is 9.59 Å². The summed E-state index contributed by atoms with van der Waals surface area (Å²) in [6.45, 7) is 0. The molecular formula is C19H23NO2S. The van der Waals surface area contributed by atoms with E-state index in [1.165, 1.54) is 22.7 Å². The van der Waals surface area contributed by atoms with Crippen LogP contribution in [0.3, 0.4) is 0 Å². The Balaban J connectivity index is 1.61. The molecule has 0 aliphatic heterocycles. The standard InChI is InChI=1S/C19H23NO2S/c1-20-19(22)18(21)10-4-2-3-7-13-23-17-12-11-15-8-5-6-9-16(15)14-17/h5-6,8-9,11-12,14H,2-4,7,10,13H2,1H3,(H,20,22). The Morgan fingerprint density at radius 2 is 1.70 bits per heavy atom. The Bertz CT molecular complexity index is 669. The number of thioether (sulfide) groups is 1. The molecule has 1 amide bonds. The van der Waals surface area contributed by atoms with Gasteiger partial charge in [-0.3, -0.25) is 9.59 Å². The lowest BCUT2D eigenvalue weighted by Gasteiger charge is -2.04. The summed E-state index contributed by atoms with van der Waals surface area (Å²) in [6.07, 6.45) is 4.39. The second kappa shape index (κ2) is 9.36. The third kappa shape index (κ3) is 5.71. The maximum absolute atomic E-state index is 11.3. The number of hydrogen-bond acceptors (Lipinski definition) is 3. The van der Waals surface area contributed by atoms with E-state index in [-0.39, 0.29) is 5.78 Å². The molecule has 2 rings (SSSR count). The Labute approximate surface area is 141 Å². The van der Waals surface area contributed by atoms with Crippen LogP contribution >= 0.6 is 11.8 Å². The number of ketones is 1. The van der Waals surface area contributed by atoms with Gasteiger partial charge in [0.15, 0.2) is 0 Å². The molecule has 0 atom stereocenters. The summed E-state index contributed by atoms with van der Waals surface area (Å²) in [5, 5.41) is 4.92. The molecule has 0 fully saturated rings. The van der Waals surface area contributed by atoms with Crippen molar-refractivity contribution < 1.29 is 9.59 Å². The number of carbonyl (C=O) groups is 2. The van der Waals surface area contributed by atoms with Crippen molar-refractivity contribution in [1.29, 1.82) is 0 Å². The summed E-state index contributed by atoms with van der Waals surface area (Å²) >= 11 is 1.88. The van der Waals surface area contributed by atoms with Crippen LogP contribution in [0.4, 0.5) is 0 Å². The van der Waals surface area contributed by atoms with Gasteiger partial charge in [-0.05, 0) is 41.5 Å². The fourth-order valence-corrected chi connectivity index (χ4v) is 3.40. The van der Waals surface area contributed by atoms with Crippen molar-refractivity contribution in [3.05, 3.63) is 42.5 Å². The summed E-state index contributed by atoms with van der Waals surface area (Å²) < 4.78 is 0. The van der Waals surface area contributed by atoms with Crippen LogP contribution < -0.4 is 5.32 Å². The minimum atomic E-state index is -0.475. The Morgan fingerprint density at radius 1 is 0.957 bits per heavy atom. The molecule has 0 aliphatic rings. The van der Waals surface area contributed by atoms with Crippen molar-refractivity contribution in [2.45, 2.75) is 37.0 Å². The second-order valence-electron chi connectivity index (χ2n) is 5.52. The molecule has 2 aromatic rings. The predicted molar refractivity (Wildman–Crippen MR) is 96.8 cm³/mol. The lowest BCUT2D eigenvalue weighted by molar-refractivity contribution is -0.137. The van der Waals surface area contributed by atoms with E-state index in [4.69, 9.17) is 0 Å². The van der Waals surface area contributed by atoms with Gasteiger partial charge >= 0.3 is 0 Å². The number of fused-ring (bicyclic) bond motifs is 1. The second-order valence-corrected chi connectivity index (χ2v) is 6.69. The first-order chi connectivity index (χ1) is 11.2. The number of likely N-dealkylation sites (N-methyl/N-ethyl adjacent to an activating group) is 1. The molecule has 0 aliphatic carbocycles. The van der Waals surface area contributed by atoms with Gasteiger partial charge < -0.3 is 5.32 Å². The zero-order chi connectivity index (χ0) is 16.5. The molecule has 4 heteroatoms. The van der Waals surface area contributed by atoms with Gasteiger partial charge in [0.25, 0.3) is 5.91 Å². The van der Waals surface area contributed by atoms with Gasteiger partial charge in [-0.25, -0.2) is 0 Å². The van der Waals surface area contributed by atoms with Gasteiger partial charge in [0.2, 0.25) is 5.78 Å². The van der Waals surface area contributed by atoms with E-state index in [2.05, 4.69) is 47.8 Å². The number of benzene rings is 2. The lowest BCUT2D eigenvalue weighted by Crippen LogP contribution is -2.27. The summed E-state index contributed by atoms with van der Waals surface area (Å²) in [5.74, 6) is 0.303. The van der Waals surface area contributed by atoms with Crippen molar-refractivity contribution >= 4 is 34.2 Å². The molecule has 0 aromatic heterocycles. The smallest absolute Gasteiger partial charge is 0.287 e. The van der Waals surface area contributed by atoms with Crippen LogP contribution in [0, 0.1) is 0 Å². The molecule has 0 saturated heterocycles. The van der Waals surface area contributed by atoms with E-state index in [1.54, 1.807) is 0 Å². The molecule has 0 heterocycles. The van der Waals surface area contributed by atoms with Gasteiger partial charge in [0.05, 0.1) is 0 Å². The van der Waals surface area contributed by atoms with Gasteiger partial charge in [-0.1, -0.05) is 43.2 Å². The van der Waals surface area contributed by atoms with E-state index in [1.807, 2.05) is 11.8 Å². The number of carbonyl (C=O) groups excluding carboxylic acids is 2. The molecular weight excluding hydrogens is 306 g/mol. The fourth-order valence-electron chi connectivity index (χ4n) is 2.44. The van der Waals surface area contributed by atoms with Crippen molar-refractivity contribution in [2.75, 3.05) is 12.8 Å². The number of amides is 1. The molecule has 122 valence electrons. The minimum Gasteiger partial charge on any atom is -0.353 e. The van der Waals surface area contributed by atoms with E-state index >= 15 is 0 Å². The van der Waals surface area contributed by atoms with Crippen LogP contribution in [0.1, 0.15) is 32.1 Å². The highest BCUT2D eigenvalue weighted by Gasteiger charge is 2.09. The number of Topliss-reactive ketones (excluding diaryl/α,β-unsaturated/α-hetero) is 1. The average molecular weight is 329 g/mol. The summed E-state index contributed by atoms with van der Waals surface area (Å²) in [5.41, 5.74) is 0. The van der Waals surface area contributed by atoms with Crippen LogP contribution in [0.5, 0.6) is 0 Å². The first kappa shape index (κ1) is 17.5. The highest BCUT2D eigenvalue weighted by Crippen LogP contribution is 2.24. The molecule has 2 aromatic carbocycles. The minimum absolute atomic E-state index is 0.307. The number of unbranched alkanes of at least 4 members (excludes halogenated alkanes) is 3. The largest absolute Gasteiger partial charge is 0.353 e. The lowest BCUT2D eigenvalue weighted by atomic mass is 10.1. The summed E-state index contributed by atoms with van der Waals surface area (Å²) in [6, 6.07) is 15.0. The van der Waals surface area contributed by atoms with E-state index in [0.717, 1.165) is 31.4 Å². The molecule has 0 unspecified atom stereocenters. The number of hydrogen-bond donors (Lipinski definition) is 1. The molecule has 0 spiro atoms. The zero-order valence-electron chi connectivity index (χ0n) is 13.5. The van der Waals surface area contributed by atoms with Crippen LogP contribution in [-0.4, -0.2) is 24.5 Å². The van der Waals surface area contributed by atoms with Crippen LogP contribution in [-0.2, 0) is 9.59 Å². The molecule has 0 saturated carbocycles.